The maximum atomic E-state index is 8.92. The van der Waals surface area contributed by atoms with Gasteiger partial charge in [-0.1, -0.05) is 98.7 Å². The number of nitrogens with zero attached hydrogens (tertiary/aromatic N) is 1. The predicted molar refractivity (Wildman–Crippen MR) is 118 cm³/mol. The zero-order valence-corrected chi connectivity index (χ0v) is 17.5. The number of rotatable bonds is 6. The highest BCUT2D eigenvalue weighted by molar-refractivity contribution is 6.76. The molecular formula is C25H27NSi. The van der Waals surface area contributed by atoms with Crippen molar-refractivity contribution in [1.29, 1.82) is 5.26 Å². The molecule has 0 aliphatic carbocycles. The largest absolute Gasteiger partial charge is 0.192 e. The first-order valence-corrected chi connectivity index (χ1v) is 13.1. The molecule has 0 saturated heterocycles. The summed E-state index contributed by atoms with van der Waals surface area (Å²) in [5.74, 6) is 0. The molecule has 1 nitrogen and oxygen atoms in total. The summed E-state index contributed by atoms with van der Waals surface area (Å²) in [6.07, 6.45) is 1.29. The third-order valence-corrected chi connectivity index (χ3v) is 8.35. The zero-order chi connectivity index (χ0) is 19.3. The average molecular weight is 370 g/mol. The summed E-state index contributed by atoms with van der Waals surface area (Å²) < 4.78 is 0. The minimum atomic E-state index is -1.11. The lowest BCUT2D eigenvalue weighted by Crippen LogP contribution is -2.28. The topological polar surface area (TPSA) is 23.8 Å². The second-order valence-corrected chi connectivity index (χ2v) is 13.2. The third-order valence-electron chi connectivity index (χ3n) is 5.13. The van der Waals surface area contributed by atoms with Crippen molar-refractivity contribution in [3.8, 4) is 28.3 Å². The quantitative estimate of drug-likeness (QED) is 0.425. The monoisotopic (exact) mass is 369 g/mol. The SMILES string of the molecule is CCC[Si](C)(C)Cc1ccc(-c2ccc(-c3ccc(C#N)cc3)cc2)cc1. The van der Waals surface area contributed by atoms with Gasteiger partial charge in [0.15, 0.2) is 0 Å². The molecule has 0 spiro atoms. The minimum absolute atomic E-state index is 0.695. The van der Waals surface area contributed by atoms with Gasteiger partial charge in [0, 0.05) is 0 Å². The van der Waals surface area contributed by atoms with Crippen LogP contribution < -0.4 is 0 Å². The Morgan fingerprint density at radius 3 is 1.52 bits per heavy atom. The van der Waals surface area contributed by atoms with Crippen LogP contribution in [0.5, 0.6) is 0 Å². The molecule has 0 atom stereocenters. The molecule has 3 rings (SSSR count). The fourth-order valence-electron chi connectivity index (χ4n) is 3.73. The molecule has 0 aliphatic rings. The van der Waals surface area contributed by atoms with E-state index in [0.29, 0.717) is 5.56 Å². The Morgan fingerprint density at radius 2 is 1.11 bits per heavy atom. The molecule has 0 aliphatic heterocycles. The van der Waals surface area contributed by atoms with E-state index in [-0.39, 0.29) is 0 Å². The van der Waals surface area contributed by atoms with E-state index in [2.05, 4.69) is 74.6 Å². The first kappa shape index (κ1) is 19.1. The summed E-state index contributed by atoms with van der Waals surface area (Å²) in [5.41, 5.74) is 6.98. The average Bonchev–Trinajstić information content (AvgIpc) is 2.68. The summed E-state index contributed by atoms with van der Waals surface area (Å²) in [7, 11) is -1.11. The van der Waals surface area contributed by atoms with Gasteiger partial charge < -0.3 is 0 Å². The van der Waals surface area contributed by atoms with Crippen LogP contribution in [0.25, 0.3) is 22.3 Å². The minimum Gasteiger partial charge on any atom is -0.192 e. The van der Waals surface area contributed by atoms with Gasteiger partial charge in [-0.25, -0.2) is 0 Å². The van der Waals surface area contributed by atoms with Crippen molar-refractivity contribution in [3.63, 3.8) is 0 Å². The van der Waals surface area contributed by atoms with Gasteiger partial charge in [0.2, 0.25) is 0 Å². The van der Waals surface area contributed by atoms with Crippen molar-refractivity contribution < 1.29 is 0 Å². The number of hydrogen-bond acceptors (Lipinski definition) is 1. The fourth-order valence-corrected chi connectivity index (χ4v) is 6.60. The Labute approximate surface area is 164 Å². The Kier molecular flexibility index (Phi) is 5.93. The zero-order valence-electron chi connectivity index (χ0n) is 16.5. The van der Waals surface area contributed by atoms with Crippen LogP contribution in [-0.2, 0) is 6.04 Å². The maximum absolute atomic E-state index is 8.92. The summed E-state index contributed by atoms with van der Waals surface area (Å²) in [4.78, 5) is 0. The van der Waals surface area contributed by atoms with Crippen molar-refractivity contribution >= 4 is 8.07 Å². The molecular weight excluding hydrogens is 342 g/mol. The number of benzene rings is 3. The molecule has 0 amide bonds. The van der Waals surface area contributed by atoms with Crippen LogP contribution >= 0.6 is 0 Å². The Balaban J connectivity index is 1.74. The molecule has 0 bridgehead atoms. The molecule has 0 fully saturated rings. The van der Waals surface area contributed by atoms with Gasteiger partial charge in [0.25, 0.3) is 0 Å². The van der Waals surface area contributed by atoms with Crippen LogP contribution in [0.3, 0.4) is 0 Å². The van der Waals surface area contributed by atoms with Gasteiger partial charge in [0.05, 0.1) is 19.7 Å². The Bertz CT molecular complexity index is 914. The lowest BCUT2D eigenvalue weighted by atomic mass is 9.99. The molecule has 136 valence electrons. The maximum Gasteiger partial charge on any atom is 0.0991 e. The summed E-state index contributed by atoms with van der Waals surface area (Å²) >= 11 is 0. The molecule has 0 aromatic heterocycles. The van der Waals surface area contributed by atoms with Crippen LogP contribution in [0.2, 0.25) is 19.1 Å². The lowest BCUT2D eigenvalue weighted by Gasteiger charge is -2.21. The second-order valence-electron chi connectivity index (χ2n) is 8.05. The Morgan fingerprint density at radius 1 is 0.704 bits per heavy atom. The molecule has 0 radical (unpaired) electrons. The standard InChI is InChI=1S/C25H27NSi/c1-4-17-27(2,3)19-21-7-11-23(12-8-21)25-15-13-24(14-16-25)22-9-5-20(18-26)6-10-22/h5-16H,4,17,19H2,1-3H3. The fraction of sp³-hybridized carbons (Fsp3) is 0.240. The van der Waals surface area contributed by atoms with E-state index < -0.39 is 8.07 Å². The highest BCUT2D eigenvalue weighted by atomic mass is 28.3. The van der Waals surface area contributed by atoms with Crippen molar-refractivity contribution in [2.24, 2.45) is 0 Å². The normalized spacial score (nSPS) is 11.2. The molecule has 3 aromatic rings. The van der Waals surface area contributed by atoms with Crippen molar-refractivity contribution in [2.75, 3.05) is 0 Å². The highest BCUT2D eigenvalue weighted by Gasteiger charge is 2.19. The number of nitriles is 1. The van der Waals surface area contributed by atoms with Crippen LogP contribution in [0.15, 0.2) is 72.8 Å². The van der Waals surface area contributed by atoms with Gasteiger partial charge in [-0.3, -0.25) is 0 Å². The first-order valence-electron chi connectivity index (χ1n) is 9.71. The molecule has 0 saturated carbocycles. The van der Waals surface area contributed by atoms with E-state index in [1.54, 1.807) is 0 Å². The van der Waals surface area contributed by atoms with Gasteiger partial charge in [-0.2, -0.15) is 5.26 Å². The predicted octanol–water partition coefficient (Wildman–Crippen LogP) is 7.09. The van der Waals surface area contributed by atoms with Gasteiger partial charge >= 0.3 is 0 Å². The summed E-state index contributed by atoms with van der Waals surface area (Å²) in [6, 6.07) is 30.3. The first-order chi connectivity index (χ1) is 13.0. The van der Waals surface area contributed by atoms with Crippen molar-refractivity contribution in [1.82, 2.24) is 0 Å². The number of hydrogen-bond donors (Lipinski definition) is 0. The van der Waals surface area contributed by atoms with Crippen molar-refractivity contribution in [2.45, 2.75) is 38.5 Å². The van der Waals surface area contributed by atoms with Crippen molar-refractivity contribution in [3.05, 3.63) is 83.9 Å². The molecule has 0 N–H and O–H groups in total. The summed E-state index contributed by atoms with van der Waals surface area (Å²) in [5, 5.41) is 8.92. The smallest absolute Gasteiger partial charge is 0.0991 e. The van der Waals surface area contributed by atoms with Crippen LogP contribution in [-0.4, -0.2) is 8.07 Å². The van der Waals surface area contributed by atoms with E-state index in [4.69, 9.17) is 5.26 Å². The van der Waals surface area contributed by atoms with Crippen LogP contribution in [0.4, 0.5) is 0 Å². The van der Waals surface area contributed by atoms with E-state index in [0.717, 1.165) is 5.56 Å². The van der Waals surface area contributed by atoms with Gasteiger partial charge in [-0.15, -0.1) is 0 Å². The van der Waals surface area contributed by atoms with E-state index in [9.17, 15) is 0 Å². The molecule has 0 unspecified atom stereocenters. The third kappa shape index (κ3) is 4.96. The van der Waals surface area contributed by atoms with E-state index in [1.165, 1.54) is 40.8 Å². The van der Waals surface area contributed by atoms with E-state index >= 15 is 0 Å². The Hall–Kier alpha value is -2.63. The lowest BCUT2D eigenvalue weighted by molar-refractivity contribution is 1.03. The molecule has 2 heteroatoms. The molecule has 27 heavy (non-hydrogen) atoms. The highest BCUT2D eigenvalue weighted by Crippen LogP contribution is 2.26. The van der Waals surface area contributed by atoms with Crippen LogP contribution in [0.1, 0.15) is 24.5 Å². The molecule has 3 aromatic carbocycles. The second kappa shape index (κ2) is 8.37. The van der Waals surface area contributed by atoms with Crippen LogP contribution in [0, 0.1) is 11.3 Å². The van der Waals surface area contributed by atoms with E-state index in [1.807, 2.05) is 24.3 Å². The van der Waals surface area contributed by atoms with Gasteiger partial charge in [-0.05, 0) is 40.4 Å². The van der Waals surface area contributed by atoms with Gasteiger partial charge in [0.1, 0.15) is 0 Å². The molecule has 0 heterocycles. The summed E-state index contributed by atoms with van der Waals surface area (Å²) in [6.45, 7) is 7.28.